The van der Waals surface area contributed by atoms with Gasteiger partial charge in [-0.3, -0.25) is 9.40 Å². The Bertz CT molecular complexity index is 978. The molecule has 0 spiro atoms. The summed E-state index contributed by atoms with van der Waals surface area (Å²) < 4.78 is 32.9. The Morgan fingerprint density at radius 2 is 1.36 bits per heavy atom. The molecule has 2 aromatic heterocycles. The van der Waals surface area contributed by atoms with Crippen LogP contribution < -0.4 is 4.72 Å². The average Bonchev–Trinajstić information content (AvgIpc) is 2.98. The van der Waals surface area contributed by atoms with Gasteiger partial charge in [0.25, 0.3) is 10.0 Å². The zero-order valence-corrected chi connectivity index (χ0v) is 19.9. The zero-order valence-electron chi connectivity index (χ0n) is 19.1. The Kier molecular flexibility index (Phi) is 5.30. The highest BCUT2D eigenvalue weighted by molar-refractivity contribution is 7.92. The minimum atomic E-state index is -3.82. The molecule has 2 heterocycles. The molecule has 2 aromatic rings. The maximum Gasteiger partial charge on any atom is 0.266 e. The largest absolute Gasteiger partial charge is 0.266 e. The summed E-state index contributed by atoms with van der Waals surface area (Å²) in [6.07, 6.45) is 0. The molecule has 7 nitrogen and oxygen atoms in total. The molecule has 0 unspecified atom stereocenters. The van der Waals surface area contributed by atoms with Crippen molar-refractivity contribution in [2.75, 3.05) is 4.72 Å². The van der Waals surface area contributed by atoms with Gasteiger partial charge in [-0.1, -0.05) is 20.8 Å². The molecule has 0 radical (unpaired) electrons. The number of hydrogen-bond donors (Lipinski definition) is 1. The monoisotopic (exact) mass is 409 g/mol. The van der Waals surface area contributed by atoms with Crippen LogP contribution in [0.2, 0.25) is 0 Å². The predicted molar refractivity (Wildman–Crippen MR) is 113 cm³/mol. The molecule has 0 aliphatic rings. The number of aryl methyl sites for hydroxylation is 1. The fourth-order valence-corrected chi connectivity index (χ4v) is 4.62. The van der Waals surface area contributed by atoms with Gasteiger partial charge in [0.05, 0.1) is 28.2 Å². The first-order valence-electron chi connectivity index (χ1n) is 9.56. The van der Waals surface area contributed by atoms with Gasteiger partial charge in [-0.2, -0.15) is 10.2 Å². The van der Waals surface area contributed by atoms with Crippen molar-refractivity contribution >= 4 is 15.8 Å². The van der Waals surface area contributed by atoms with Crippen LogP contribution in [0, 0.1) is 13.8 Å². The van der Waals surface area contributed by atoms with Crippen LogP contribution in [0.5, 0.6) is 0 Å². The number of anilines is 1. The molecule has 0 aliphatic heterocycles. The average molecular weight is 410 g/mol. The van der Waals surface area contributed by atoms with Crippen molar-refractivity contribution in [3.63, 3.8) is 0 Å². The summed E-state index contributed by atoms with van der Waals surface area (Å²) in [5, 5.41) is 9.17. The number of nitrogens with zero attached hydrogens (tertiary/aromatic N) is 4. The third-order valence-electron chi connectivity index (χ3n) is 4.48. The van der Waals surface area contributed by atoms with E-state index in [0.29, 0.717) is 17.2 Å². The summed E-state index contributed by atoms with van der Waals surface area (Å²) in [5.41, 5.74) is 1.06. The van der Waals surface area contributed by atoms with Gasteiger partial charge >= 0.3 is 0 Å². The number of aromatic nitrogens is 4. The van der Waals surface area contributed by atoms with Crippen LogP contribution >= 0.6 is 0 Å². The molecule has 28 heavy (non-hydrogen) atoms. The molecule has 0 bridgehead atoms. The van der Waals surface area contributed by atoms with Crippen LogP contribution in [0.1, 0.15) is 79.4 Å². The Morgan fingerprint density at radius 3 is 1.75 bits per heavy atom. The van der Waals surface area contributed by atoms with E-state index in [1.165, 1.54) is 0 Å². The minimum Gasteiger partial charge on any atom is -0.263 e. The first kappa shape index (κ1) is 22.5. The normalized spacial score (nSPS) is 13.8. The molecule has 0 amide bonds. The van der Waals surface area contributed by atoms with Gasteiger partial charge in [-0.25, -0.2) is 13.1 Å². The third-order valence-corrected chi connectivity index (χ3v) is 6.09. The SMILES string of the molecule is Cc1nn(C(C)(C)C)c(C)c1S(=O)(=O)Nc1cc(C(C)(C)C)nn1C(C)(C)C. The van der Waals surface area contributed by atoms with Crippen molar-refractivity contribution in [1.82, 2.24) is 19.6 Å². The van der Waals surface area contributed by atoms with E-state index in [1.807, 2.05) is 47.6 Å². The third kappa shape index (κ3) is 4.26. The van der Waals surface area contributed by atoms with E-state index in [0.717, 1.165) is 5.69 Å². The summed E-state index contributed by atoms with van der Waals surface area (Å²) in [4.78, 5) is 0.224. The second kappa shape index (κ2) is 6.61. The van der Waals surface area contributed by atoms with Gasteiger partial charge in [-0.15, -0.1) is 0 Å². The molecule has 0 atom stereocenters. The Labute approximate surface area is 169 Å². The number of sulfonamides is 1. The van der Waals surface area contributed by atoms with Crippen LogP contribution in [-0.4, -0.2) is 28.0 Å². The van der Waals surface area contributed by atoms with E-state index in [9.17, 15) is 8.42 Å². The minimum absolute atomic E-state index is 0.195. The fraction of sp³-hybridized carbons (Fsp3) is 0.700. The smallest absolute Gasteiger partial charge is 0.263 e. The van der Waals surface area contributed by atoms with Gasteiger partial charge in [-0.05, 0) is 55.4 Å². The standard InChI is InChI=1S/C20H35N5O2S/c1-13-17(14(2)24(21-13)19(6,7)8)28(26,27)23-16-12-15(18(3,4)5)22-25(16)20(9,10)11/h12,23H,1-11H3. The fourth-order valence-electron chi connectivity index (χ4n) is 3.19. The van der Waals surface area contributed by atoms with Gasteiger partial charge in [0.2, 0.25) is 0 Å². The molecule has 0 aromatic carbocycles. The second-order valence-electron chi connectivity index (χ2n) is 10.4. The first-order valence-corrected chi connectivity index (χ1v) is 11.0. The first-order chi connectivity index (χ1) is 12.4. The van der Waals surface area contributed by atoms with Crippen molar-refractivity contribution in [3.8, 4) is 0 Å². The summed E-state index contributed by atoms with van der Waals surface area (Å²) in [6.45, 7) is 21.7. The van der Waals surface area contributed by atoms with Gasteiger partial charge in [0, 0.05) is 11.5 Å². The highest BCUT2D eigenvalue weighted by Gasteiger charge is 2.31. The van der Waals surface area contributed by atoms with E-state index in [-0.39, 0.29) is 21.4 Å². The molecule has 0 aliphatic carbocycles. The lowest BCUT2D eigenvalue weighted by Gasteiger charge is -2.23. The van der Waals surface area contributed by atoms with Crippen LogP contribution in [0.25, 0.3) is 0 Å². The van der Waals surface area contributed by atoms with Crippen LogP contribution in [0.15, 0.2) is 11.0 Å². The maximum atomic E-state index is 13.3. The van der Waals surface area contributed by atoms with Gasteiger partial charge in [0.1, 0.15) is 10.7 Å². The van der Waals surface area contributed by atoms with Gasteiger partial charge < -0.3 is 0 Å². The van der Waals surface area contributed by atoms with Crippen LogP contribution in [0.4, 0.5) is 5.82 Å². The maximum absolute atomic E-state index is 13.3. The van der Waals surface area contributed by atoms with E-state index in [4.69, 9.17) is 0 Å². The molecule has 2 rings (SSSR count). The molecule has 0 saturated carbocycles. The number of nitrogens with one attached hydrogen (secondary N) is 1. The predicted octanol–water partition coefficient (Wildman–Crippen LogP) is 4.30. The van der Waals surface area contributed by atoms with Crippen molar-refractivity contribution in [2.45, 2.75) is 97.5 Å². The number of hydrogen-bond acceptors (Lipinski definition) is 4. The summed E-state index contributed by atoms with van der Waals surface area (Å²) in [7, 11) is -3.82. The van der Waals surface area contributed by atoms with Crippen molar-refractivity contribution in [1.29, 1.82) is 0 Å². The molecular weight excluding hydrogens is 374 g/mol. The van der Waals surface area contributed by atoms with E-state index in [1.54, 1.807) is 23.2 Å². The Morgan fingerprint density at radius 1 is 0.857 bits per heavy atom. The molecule has 158 valence electrons. The lowest BCUT2D eigenvalue weighted by Crippen LogP contribution is -2.28. The lowest BCUT2D eigenvalue weighted by atomic mass is 9.92. The molecular formula is C20H35N5O2S. The Hall–Kier alpha value is -1.83. The van der Waals surface area contributed by atoms with E-state index >= 15 is 0 Å². The molecule has 0 fully saturated rings. The van der Waals surface area contributed by atoms with E-state index in [2.05, 4.69) is 35.7 Å². The summed E-state index contributed by atoms with van der Waals surface area (Å²) >= 11 is 0. The van der Waals surface area contributed by atoms with Crippen LogP contribution in [-0.2, 0) is 26.5 Å². The highest BCUT2D eigenvalue weighted by Crippen LogP contribution is 2.31. The second-order valence-corrected chi connectivity index (χ2v) is 12.1. The molecule has 0 saturated heterocycles. The summed E-state index contributed by atoms with van der Waals surface area (Å²) in [5.74, 6) is 0.458. The Balaban J connectivity index is 2.60. The van der Waals surface area contributed by atoms with Crippen LogP contribution in [0.3, 0.4) is 0 Å². The topological polar surface area (TPSA) is 81.8 Å². The highest BCUT2D eigenvalue weighted by atomic mass is 32.2. The van der Waals surface area contributed by atoms with Crippen molar-refractivity contribution in [3.05, 3.63) is 23.1 Å². The quantitative estimate of drug-likeness (QED) is 0.819. The summed E-state index contributed by atoms with van der Waals surface area (Å²) in [6, 6.07) is 1.82. The van der Waals surface area contributed by atoms with Crippen molar-refractivity contribution in [2.24, 2.45) is 0 Å². The van der Waals surface area contributed by atoms with Crippen molar-refractivity contribution < 1.29 is 8.42 Å². The molecule has 8 heteroatoms. The zero-order chi connectivity index (χ0) is 21.9. The lowest BCUT2D eigenvalue weighted by molar-refractivity contribution is 0.345. The molecule has 1 N–H and O–H groups in total. The number of rotatable bonds is 3. The van der Waals surface area contributed by atoms with E-state index < -0.39 is 10.0 Å². The van der Waals surface area contributed by atoms with Gasteiger partial charge in [0.15, 0.2) is 0 Å².